The highest BCUT2D eigenvalue weighted by molar-refractivity contribution is 5.79. The molecule has 110 valence electrons. The molecule has 2 N–H and O–H groups in total. The fraction of sp³-hybridized carbons (Fsp3) is 0.750. The van der Waals surface area contributed by atoms with Crippen LogP contribution >= 0.6 is 0 Å². The molecule has 1 aliphatic heterocycles. The monoisotopic (exact) mass is 277 g/mol. The van der Waals surface area contributed by atoms with Crippen molar-refractivity contribution in [2.75, 3.05) is 0 Å². The quantitative estimate of drug-likeness (QED) is 0.815. The molecule has 4 nitrogen and oxygen atoms in total. The molecule has 0 unspecified atom stereocenters. The number of amides is 1. The molecule has 0 radical (unpaired) electrons. The normalized spacial score (nSPS) is 41.2. The summed E-state index contributed by atoms with van der Waals surface area (Å²) in [7, 11) is 0. The number of carboxylic acids is 1. The average Bonchev–Trinajstić information content (AvgIpc) is 2.75. The summed E-state index contributed by atoms with van der Waals surface area (Å²) in [4.78, 5) is 22.9. The van der Waals surface area contributed by atoms with E-state index in [2.05, 4.69) is 18.3 Å². The van der Waals surface area contributed by atoms with Crippen LogP contribution in [-0.2, 0) is 9.59 Å². The third kappa shape index (κ3) is 1.88. The number of hydrogen-bond donors (Lipinski definition) is 2. The molecule has 5 atom stereocenters. The Kier molecular flexibility index (Phi) is 3.14. The topological polar surface area (TPSA) is 66.4 Å². The van der Waals surface area contributed by atoms with Crippen LogP contribution in [0.25, 0.3) is 0 Å². The molecular weight excluding hydrogens is 254 g/mol. The van der Waals surface area contributed by atoms with Gasteiger partial charge in [-0.1, -0.05) is 19.9 Å². The number of carboxylic acid groups (broad SMARTS) is 1. The zero-order valence-electron chi connectivity index (χ0n) is 12.2. The number of hydrogen-bond acceptors (Lipinski definition) is 2. The van der Waals surface area contributed by atoms with Gasteiger partial charge in [0.25, 0.3) is 0 Å². The molecule has 1 saturated heterocycles. The Balaban J connectivity index is 1.89. The van der Waals surface area contributed by atoms with Gasteiger partial charge in [0.05, 0.1) is 5.92 Å². The van der Waals surface area contributed by atoms with Crippen molar-refractivity contribution in [3.05, 3.63) is 11.8 Å². The Bertz CT molecular complexity index is 484. The highest BCUT2D eigenvalue weighted by Gasteiger charge is 2.54. The van der Waals surface area contributed by atoms with Gasteiger partial charge in [0, 0.05) is 18.0 Å². The smallest absolute Gasteiger partial charge is 0.306 e. The SMILES string of the molecule is C[C@@H](C(=O)O)[C@@H]1CC[C@@H]2[C@@H]3CCC(=O)NC3=CC[C@@]21C. The predicted octanol–water partition coefficient (Wildman–Crippen LogP) is 2.55. The number of rotatable bonds is 2. The molecule has 3 rings (SSSR count). The standard InChI is InChI=1S/C16H23NO3/c1-9(15(19)20)11-4-5-12-10-3-6-14(18)17-13(10)7-8-16(11,12)2/h7,9-12H,3-6,8H2,1-2H3,(H,17,18)(H,19,20)/t9-,10+,11+,12-,16-/m1/s1. The van der Waals surface area contributed by atoms with Crippen molar-refractivity contribution in [3.8, 4) is 0 Å². The maximum atomic E-state index is 11.5. The van der Waals surface area contributed by atoms with Crippen molar-refractivity contribution in [1.29, 1.82) is 0 Å². The first-order valence-corrected chi connectivity index (χ1v) is 7.66. The van der Waals surface area contributed by atoms with Gasteiger partial charge in [0.2, 0.25) is 5.91 Å². The molecule has 20 heavy (non-hydrogen) atoms. The molecule has 0 bridgehead atoms. The van der Waals surface area contributed by atoms with Crippen LogP contribution in [-0.4, -0.2) is 17.0 Å². The fourth-order valence-electron chi connectivity index (χ4n) is 4.96. The average molecular weight is 277 g/mol. The van der Waals surface area contributed by atoms with Gasteiger partial charge in [-0.2, -0.15) is 0 Å². The molecule has 0 aromatic carbocycles. The minimum Gasteiger partial charge on any atom is -0.481 e. The molecule has 2 fully saturated rings. The van der Waals surface area contributed by atoms with E-state index in [1.807, 2.05) is 6.92 Å². The maximum Gasteiger partial charge on any atom is 0.306 e. The van der Waals surface area contributed by atoms with Gasteiger partial charge < -0.3 is 10.4 Å². The van der Waals surface area contributed by atoms with Crippen molar-refractivity contribution < 1.29 is 14.7 Å². The van der Waals surface area contributed by atoms with Gasteiger partial charge in [-0.15, -0.1) is 0 Å². The number of carbonyl (C=O) groups excluding carboxylic acids is 1. The fourth-order valence-corrected chi connectivity index (χ4v) is 4.96. The van der Waals surface area contributed by atoms with Gasteiger partial charge >= 0.3 is 5.97 Å². The summed E-state index contributed by atoms with van der Waals surface area (Å²) >= 11 is 0. The highest BCUT2D eigenvalue weighted by Crippen LogP contribution is 2.60. The Morgan fingerprint density at radius 2 is 2.20 bits per heavy atom. The Morgan fingerprint density at radius 3 is 2.90 bits per heavy atom. The summed E-state index contributed by atoms with van der Waals surface area (Å²) in [6.07, 6.45) is 6.67. The largest absolute Gasteiger partial charge is 0.481 e. The van der Waals surface area contributed by atoms with Crippen molar-refractivity contribution in [2.45, 2.75) is 46.0 Å². The van der Waals surface area contributed by atoms with Crippen molar-refractivity contribution in [3.63, 3.8) is 0 Å². The molecule has 2 aliphatic carbocycles. The highest BCUT2D eigenvalue weighted by atomic mass is 16.4. The van der Waals surface area contributed by atoms with Crippen molar-refractivity contribution in [2.24, 2.45) is 29.1 Å². The van der Waals surface area contributed by atoms with E-state index in [-0.39, 0.29) is 23.2 Å². The molecule has 1 heterocycles. The van der Waals surface area contributed by atoms with E-state index < -0.39 is 5.97 Å². The van der Waals surface area contributed by atoms with Crippen LogP contribution in [0.5, 0.6) is 0 Å². The Labute approximate surface area is 119 Å². The van der Waals surface area contributed by atoms with Crippen LogP contribution in [0, 0.1) is 29.1 Å². The summed E-state index contributed by atoms with van der Waals surface area (Å²) in [5.74, 6) is 0.374. The van der Waals surface area contributed by atoms with Gasteiger partial charge in [-0.05, 0) is 42.9 Å². The van der Waals surface area contributed by atoms with Crippen LogP contribution in [0.1, 0.15) is 46.0 Å². The molecule has 3 aliphatic rings. The lowest BCUT2D eigenvalue weighted by atomic mass is 9.59. The molecule has 0 aromatic heterocycles. The van der Waals surface area contributed by atoms with E-state index in [1.165, 1.54) is 0 Å². The van der Waals surface area contributed by atoms with Crippen molar-refractivity contribution in [1.82, 2.24) is 5.32 Å². The minimum absolute atomic E-state index is 0.0774. The van der Waals surface area contributed by atoms with Crippen LogP contribution < -0.4 is 5.32 Å². The first-order valence-electron chi connectivity index (χ1n) is 7.66. The van der Waals surface area contributed by atoms with Gasteiger partial charge in [-0.3, -0.25) is 9.59 Å². The minimum atomic E-state index is -0.677. The molecule has 1 amide bonds. The first kappa shape index (κ1) is 13.7. The summed E-state index contributed by atoms with van der Waals surface area (Å²) < 4.78 is 0. The summed E-state index contributed by atoms with van der Waals surface area (Å²) in [5, 5.41) is 12.4. The third-order valence-corrected chi connectivity index (χ3v) is 6.09. The lowest BCUT2D eigenvalue weighted by molar-refractivity contribution is -0.144. The van der Waals surface area contributed by atoms with E-state index in [0.717, 1.165) is 31.4 Å². The molecule has 0 spiro atoms. The van der Waals surface area contributed by atoms with Crippen molar-refractivity contribution >= 4 is 11.9 Å². The van der Waals surface area contributed by atoms with E-state index in [4.69, 9.17) is 0 Å². The number of aliphatic carboxylic acids is 1. The zero-order chi connectivity index (χ0) is 14.5. The lowest BCUT2D eigenvalue weighted by Gasteiger charge is -2.47. The van der Waals surface area contributed by atoms with E-state index in [1.54, 1.807) is 0 Å². The maximum absolute atomic E-state index is 11.5. The van der Waals surface area contributed by atoms with Gasteiger partial charge in [-0.25, -0.2) is 0 Å². The lowest BCUT2D eigenvalue weighted by Crippen LogP contribution is -2.45. The Morgan fingerprint density at radius 1 is 1.45 bits per heavy atom. The summed E-state index contributed by atoms with van der Waals surface area (Å²) in [6, 6.07) is 0. The number of allylic oxidation sites excluding steroid dienone is 2. The zero-order valence-corrected chi connectivity index (χ0v) is 12.2. The Hall–Kier alpha value is -1.32. The molecular formula is C16H23NO3. The van der Waals surface area contributed by atoms with Crippen LogP contribution in [0.3, 0.4) is 0 Å². The van der Waals surface area contributed by atoms with Gasteiger partial charge in [0.15, 0.2) is 0 Å². The summed E-state index contributed by atoms with van der Waals surface area (Å²) in [5.41, 5.74) is 1.18. The van der Waals surface area contributed by atoms with Crippen LogP contribution in [0.4, 0.5) is 0 Å². The number of piperidine rings is 1. The molecule has 4 heteroatoms. The number of fused-ring (bicyclic) bond motifs is 3. The first-order chi connectivity index (χ1) is 9.43. The summed E-state index contributed by atoms with van der Waals surface area (Å²) in [6.45, 7) is 4.11. The number of carbonyl (C=O) groups is 2. The third-order valence-electron chi connectivity index (χ3n) is 6.09. The second-order valence-electron chi connectivity index (χ2n) is 6.98. The van der Waals surface area contributed by atoms with E-state index in [9.17, 15) is 14.7 Å². The second-order valence-corrected chi connectivity index (χ2v) is 6.98. The predicted molar refractivity (Wildman–Crippen MR) is 74.7 cm³/mol. The second kappa shape index (κ2) is 4.61. The molecule has 0 aromatic rings. The van der Waals surface area contributed by atoms with E-state index >= 15 is 0 Å². The van der Waals surface area contributed by atoms with Gasteiger partial charge in [0.1, 0.15) is 0 Å². The number of nitrogens with one attached hydrogen (secondary N) is 1. The molecule has 1 saturated carbocycles. The van der Waals surface area contributed by atoms with Crippen LogP contribution in [0.15, 0.2) is 11.8 Å². The van der Waals surface area contributed by atoms with Crippen LogP contribution in [0.2, 0.25) is 0 Å². The van der Waals surface area contributed by atoms with E-state index in [0.29, 0.717) is 18.3 Å².